The lowest BCUT2D eigenvalue weighted by atomic mass is 10.0. The molecule has 0 amide bonds. The van der Waals surface area contributed by atoms with Gasteiger partial charge in [0.1, 0.15) is 10.8 Å². The van der Waals surface area contributed by atoms with Gasteiger partial charge in [-0.15, -0.1) is 10.2 Å². The maximum atomic E-state index is 5.81. The molecule has 7 nitrogen and oxygen atoms in total. The molecule has 1 atom stereocenters. The molecular formula is C14H20N6OS2. The summed E-state index contributed by atoms with van der Waals surface area (Å²) in [5.74, 6) is 2.43. The van der Waals surface area contributed by atoms with Crippen LogP contribution in [0.25, 0.3) is 0 Å². The number of nitrogen functional groups attached to an aromatic ring is 1. The number of ether oxygens (including phenoxy) is 1. The Balaban J connectivity index is 1.46. The Hall–Kier alpha value is -1.45. The predicted molar refractivity (Wildman–Crippen MR) is 93.1 cm³/mol. The van der Waals surface area contributed by atoms with E-state index in [-0.39, 0.29) is 0 Å². The second kappa shape index (κ2) is 7.89. The third-order valence-electron chi connectivity index (χ3n) is 3.47. The van der Waals surface area contributed by atoms with Gasteiger partial charge in [0.25, 0.3) is 0 Å². The van der Waals surface area contributed by atoms with Gasteiger partial charge in [0.15, 0.2) is 4.34 Å². The molecule has 3 N–H and O–H groups in total. The van der Waals surface area contributed by atoms with E-state index in [9.17, 15) is 0 Å². The summed E-state index contributed by atoms with van der Waals surface area (Å²) in [6.07, 6.45) is 2.00. The van der Waals surface area contributed by atoms with Gasteiger partial charge in [0.2, 0.25) is 5.95 Å². The van der Waals surface area contributed by atoms with Crippen molar-refractivity contribution in [3.05, 3.63) is 16.8 Å². The van der Waals surface area contributed by atoms with Crippen LogP contribution in [0.15, 0.2) is 10.4 Å². The minimum Gasteiger partial charge on any atom is -0.381 e. The molecule has 124 valence electrons. The van der Waals surface area contributed by atoms with E-state index in [2.05, 4.69) is 25.5 Å². The van der Waals surface area contributed by atoms with E-state index in [1.807, 2.05) is 13.0 Å². The Morgan fingerprint density at radius 2 is 2.35 bits per heavy atom. The van der Waals surface area contributed by atoms with Gasteiger partial charge in [-0.25, -0.2) is 4.98 Å². The minimum atomic E-state index is 0.315. The first-order chi connectivity index (χ1) is 11.2. The fourth-order valence-electron chi connectivity index (χ4n) is 2.34. The number of hydrogen-bond acceptors (Lipinski definition) is 9. The molecule has 0 aliphatic carbocycles. The maximum Gasteiger partial charge on any atom is 0.222 e. The van der Waals surface area contributed by atoms with Crippen LogP contribution in [0.3, 0.4) is 0 Å². The predicted octanol–water partition coefficient (Wildman–Crippen LogP) is 2.32. The van der Waals surface area contributed by atoms with Crippen molar-refractivity contribution in [3.8, 4) is 0 Å². The van der Waals surface area contributed by atoms with E-state index < -0.39 is 0 Å². The second-order valence-corrected chi connectivity index (χ2v) is 7.84. The van der Waals surface area contributed by atoms with Crippen molar-refractivity contribution < 1.29 is 4.74 Å². The largest absolute Gasteiger partial charge is 0.381 e. The zero-order valence-electron chi connectivity index (χ0n) is 13.0. The number of nitrogens with two attached hydrogens (primary N) is 1. The molecule has 1 aliphatic rings. The first kappa shape index (κ1) is 16.4. The summed E-state index contributed by atoms with van der Waals surface area (Å²) < 4.78 is 6.44. The lowest BCUT2D eigenvalue weighted by molar-refractivity contribution is 0.193. The molecule has 9 heteroatoms. The Morgan fingerprint density at radius 3 is 3.09 bits per heavy atom. The van der Waals surface area contributed by atoms with Gasteiger partial charge in [-0.05, 0) is 19.8 Å². The molecule has 1 aliphatic heterocycles. The summed E-state index contributed by atoms with van der Waals surface area (Å²) in [7, 11) is 0. The van der Waals surface area contributed by atoms with Crippen LogP contribution in [0, 0.1) is 6.92 Å². The molecule has 0 aromatic carbocycles. The molecule has 0 spiro atoms. The van der Waals surface area contributed by atoms with E-state index in [0.717, 1.165) is 52.6 Å². The van der Waals surface area contributed by atoms with Crippen LogP contribution >= 0.6 is 23.1 Å². The summed E-state index contributed by atoms with van der Waals surface area (Å²) >= 11 is 3.37. The van der Waals surface area contributed by atoms with Gasteiger partial charge in [-0.2, -0.15) is 4.98 Å². The number of anilines is 2. The molecule has 0 saturated carbocycles. The number of nitrogens with zero attached hydrogens (tertiary/aromatic N) is 4. The zero-order valence-corrected chi connectivity index (χ0v) is 14.6. The average molecular weight is 352 g/mol. The Morgan fingerprint density at radius 1 is 1.43 bits per heavy atom. The highest BCUT2D eigenvalue weighted by Gasteiger charge is 2.20. The number of nitrogens with one attached hydrogen (secondary N) is 1. The first-order valence-electron chi connectivity index (χ1n) is 7.59. The molecule has 3 rings (SSSR count). The Kier molecular flexibility index (Phi) is 5.63. The van der Waals surface area contributed by atoms with E-state index >= 15 is 0 Å². The minimum absolute atomic E-state index is 0.315. The third kappa shape index (κ3) is 4.76. The average Bonchev–Trinajstić information content (AvgIpc) is 3.18. The summed E-state index contributed by atoms with van der Waals surface area (Å²) in [5, 5.41) is 12.4. The normalized spacial score (nSPS) is 17.5. The maximum absolute atomic E-state index is 5.81. The van der Waals surface area contributed by atoms with E-state index in [0.29, 0.717) is 18.5 Å². The molecule has 2 aromatic rings. The van der Waals surface area contributed by atoms with Crippen LogP contribution in [-0.2, 0) is 4.74 Å². The number of thioether (sulfide) groups is 1. The quantitative estimate of drug-likeness (QED) is 0.578. The van der Waals surface area contributed by atoms with Crippen LogP contribution < -0.4 is 11.1 Å². The van der Waals surface area contributed by atoms with E-state index in [4.69, 9.17) is 10.5 Å². The topological polar surface area (TPSA) is 98.8 Å². The lowest BCUT2D eigenvalue weighted by Crippen LogP contribution is -2.10. The molecule has 0 radical (unpaired) electrons. The van der Waals surface area contributed by atoms with Gasteiger partial charge in [-0.3, -0.25) is 0 Å². The van der Waals surface area contributed by atoms with Crippen molar-refractivity contribution in [1.29, 1.82) is 0 Å². The van der Waals surface area contributed by atoms with Gasteiger partial charge in [0.05, 0.1) is 12.3 Å². The number of aryl methyl sites for hydroxylation is 1. The molecule has 2 aromatic heterocycles. The van der Waals surface area contributed by atoms with Gasteiger partial charge in [-0.1, -0.05) is 23.1 Å². The van der Waals surface area contributed by atoms with Crippen LogP contribution in [0.4, 0.5) is 11.8 Å². The lowest BCUT2D eigenvalue weighted by Gasteiger charge is -2.11. The van der Waals surface area contributed by atoms with Crippen LogP contribution in [0.1, 0.15) is 29.5 Å². The molecule has 1 fully saturated rings. The molecule has 0 bridgehead atoms. The standard InChI is InChI=1S/C14H20N6OS2/c1-9-19-20-14(23-9)22-6-2-4-16-12-7-11(17-13(15)18-12)10-3-5-21-8-10/h7,10H,2-6,8H2,1H3,(H3,15,16,17,18)/t10-/m0/s1. The fourth-order valence-corrected chi connectivity index (χ4v) is 4.16. The van der Waals surface area contributed by atoms with Crippen molar-refractivity contribution in [2.45, 2.75) is 30.0 Å². The van der Waals surface area contributed by atoms with E-state index in [1.165, 1.54) is 0 Å². The summed E-state index contributed by atoms with van der Waals surface area (Å²) in [6.45, 7) is 4.31. The molecule has 23 heavy (non-hydrogen) atoms. The summed E-state index contributed by atoms with van der Waals surface area (Å²) in [6, 6.07) is 1.98. The molecule has 1 saturated heterocycles. The molecule has 3 heterocycles. The highest BCUT2D eigenvalue weighted by Crippen LogP contribution is 2.26. The Labute approximate surface area is 143 Å². The highest BCUT2D eigenvalue weighted by molar-refractivity contribution is 8.01. The smallest absolute Gasteiger partial charge is 0.222 e. The monoisotopic (exact) mass is 352 g/mol. The van der Waals surface area contributed by atoms with Gasteiger partial charge < -0.3 is 15.8 Å². The second-order valence-electron chi connectivity index (χ2n) is 5.31. The first-order valence-corrected chi connectivity index (χ1v) is 9.40. The van der Waals surface area contributed by atoms with Crippen LogP contribution in [-0.4, -0.2) is 45.7 Å². The van der Waals surface area contributed by atoms with Crippen LogP contribution in [0.2, 0.25) is 0 Å². The van der Waals surface area contributed by atoms with Crippen molar-refractivity contribution in [2.75, 3.05) is 36.6 Å². The number of aromatic nitrogens is 4. The Bertz CT molecular complexity index is 644. The van der Waals surface area contributed by atoms with Crippen molar-refractivity contribution in [2.24, 2.45) is 0 Å². The molecular weight excluding hydrogens is 332 g/mol. The van der Waals surface area contributed by atoms with Crippen molar-refractivity contribution >= 4 is 34.9 Å². The summed E-state index contributed by atoms with van der Waals surface area (Å²) in [4.78, 5) is 8.58. The number of rotatable bonds is 7. The van der Waals surface area contributed by atoms with Gasteiger partial charge in [0, 0.05) is 30.9 Å². The van der Waals surface area contributed by atoms with Crippen molar-refractivity contribution in [3.63, 3.8) is 0 Å². The van der Waals surface area contributed by atoms with Crippen LogP contribution in [0.5, 0.6) is 0 Å². The van der Waals surface area contributed by atoms with Gasteiger partial charge >= 0.3 is 0 Å². The van der Waals surface area contributed by atoms with Crippen molar-refractivity contribution in [1.82, 2.24) is 20.2 Å². The SMILES string of the molecule is Cc1nnc(SCCCNc2cc([C@H]3CCOC3)nc(N)n2)s1. The zero-order chi connectivity index (χ0) is 16.1. The van der Waals surface area contributed by atoms with E-state index in [1.54, 1.807) is 23.1 Å². The number of hydrogen-bond donors (Lipinski definition) is 2. The summed E-state index contributed by atoms with van der Waals surface area (Å²) in [5.41, 5.74) is 6.78. The fraction of sp³-hybridized carbons (Fsp3) is 0.571. The molecule has 0 unspecified atom stereocenters. The third-order valence-corrected chi connectivity index (χ3v) is 5.53. The highest BCUT2D eigenvalue weighted by atomic mass is 32.2.